The Morgan fingerprint density at radius 1 is 1.28 bits per heavy atom. The summed E-state index contributed by atoms with van der Waals surface area (Å²) in [5.74, 6) is 1.46. The maximum atomic E-state index is 5.95. The number of nitrogens with zero attached hydrogens (tertiary/aromatic N) is 2. The van der Waals surface area contributed by atoms with Gasteiger partial charge >= 0.3 is 0 Å². The molecule has 0 saturated heterocycles. The maximum Gasteiger partial charge on any atom is 0.192 e. The van der Waals surface area contributed by atoms with Gasteiger partial charge < -0.3 is 21.6 Å². The third kappa shape index (κ3) is 2.93. The van der Waals surface area contributed by atoms with Crippen LogP contribution in [0.5, 0.6) is 0 Å². The number of thioether (sulfide) groups is 1. The molecule has 0 bridgehead atoms. The average Bonchev–Trinajstić information content (AvgIpc) is 2.77. The third-order valence-electron chi connectivity index (χ3n) is 2.28. The second-order valence-corrected chi connectivity index (χ2v) is 5.02. The molecule has 2 rings (SSSR count). The summed E-state index contributed by atoms with van der Waals surface area (Å²) in [6.45, 7) is 1.90. The van der Waals surface area contributed by atoms with Crippen LogP contribution in [0.25, 0.3) is 0 Å². The number of rotatable bonds is 4. The van der Waals surface area contributed by atoms with E-state index in [2.05, 4.69) is 9.97 Å². The molecule has 6 nitrogen and oxygen atoms in total. The highest BCUT2D eigenvalue weighted by molar-refractivity contribution is 7.99. The standard InChI is InChI=1S/C11H15N5OS/c1-6(12)10(7-3-2-4-17-7)18-11-15-8(13)5-9(14)16-11/h2-6,10H,12H2,1H3,(H4,13,14,15,16). The van der Waals surface area contributed by atoms with Crippen molar-refractivity contribution in [3.05, 3.63) is 30.2 Å². The van der Waals surface area contributed by atoms with E-state index in [4.69, 9.17) is 21.6 Å². The van der Waals surface area contributed by atoms with Crippen LogP contribution in [0.1, 0.15) is 17.9 Å². The van der Waals surface area contributed by atoms with E-state index < -0.39 is 0 Å². The molecule has 0 aromatic carbocycles. The summed E-state index contributed by atoms with van der Waals surface area (Å²) in [6.07, 6.45) is 1.61. The molecular formula is C11H15N5OS. The molecule has 2 atom stereocenters. The summed E-state index contributed by atoms with van der Waals surface area (Å²) < 4.78 is 5.37. The highest BCUT2D eigenvalue weighted by Crippen LogP contribution is 2.36. The molecule has 6 N–H and O–H groups in total. The van der Waals surface area contributed by atoms with Crippen LogP contribution in [0, 0.1) is 0 Å². The van der Waals surface area contributed by atoms with Gasteiger partial charge in [-0.1, -0.05) is 11.8 Å². The molecule has 96 valence electrons. The minimum atomic E-state index is -0.118. The lowest BCUT2D eigenvalue weighted by atomic mass is 10.2. The third-order valence-corrected chi connectivity index (χ3v) is 3.59. The lowest BCUT2D eigenvalue weighted by Gasteiger charge is -2.17. The Hall–Kier alpha value is -1.73. The van der Waals surface area contributed by atoms with E-state index in [0.29, 0.717) is 16.8 Å². The highest BCUT2D eigenvalue weighted by Gasteiger charge is 2.22. The molecule has 0 fully saturated rings. The molecule has 2 aromatic heterocycles. The molecule has 0 spiro atoms. The second kappa shape index (κ2) is 5.28. The lowest BCUT2D eigenvalue weighted by Crippen LogP contribution is -2.22. The van der Waals surface area contributed by atoms with Gasteiger partial charge in [0.2, 0.25) is 0 Å². The number of nitrogens with two attached hydrogens (primary N) is 3. The summed E-state index contributed by atoms with van der Waals surface area (Å²) in [5, 5.41) is 0.410. The van der Waals surface area contributed by atoms with Gasteiger partial charge in [-0.3, -0.25) is 0 Å². The zero-order valence-corrected chi connectivity index (χ0v) is 10.7. The van der Waals surface area contributed by atoms with Crippen LogP contribution in [0.2, 0.25) is 0 Å². The quantitative estimate of drug-likeness (QED) is 0.565. The first-order valence-electron chi connectivity index (χ1n) is 5.42. The SMILES string of the molecule is CC(N)C(Sc1nc(N)cc(N)n1)c1ccco1. The summed E-state index contributed by atoms with van der Waals surface area (Å²) in [6, 6.07) is 5.08. The van der Waals surface area contributed by atoms with Gasteiger partial charge in [-0.15, -0.1) is 0 Å². The largest absolute Gasteiger partial charge is 0.468 e. The molecular weight excluding hydrogens is 250 g/mol. The van der Waals surface area contributed by atoms with Crippen LogP contribution in [0.15, 0.2) is 34.0 Å². The monoisotopic (exact) mass is 265 g/mol. The normalized spacial score (nSPS) is 14.3. The average molecular weight is 265 g/mol. The molecule has 0 amide bonds. The zero-order valence-electron chi connectivity index (χ0n) is 9.91. The Morgan fingerprint density at radius 2 is 1.94 bits per heavy atom. The first-order valence-corrected chi connectivity index (χ1v) is 6.30. The first-order chi connectivity index (χ1) is 8.56. The first kappa shape index (κ1) is 12.7. The van der Waals surface area contributed by atoms with Gasteiger partial charge in [0.25, 0.3) is 0 Å². The van der Waals surface area contributed by atoms with Gasteiger partial charge in [0.05, 0.1) is 11.5 Å². The van der Waals surface area contributed by atoms with Crippen LogP contribution >= 0.6 is 11.8 Å². The number of nitrogen functional groups attached to an aromatic ring is 2. The van der Waals surface area contributed by atoms with E-state index in [-0.39, 0.29) is 11.3 Å². The van der Waals surface area contributed by atoms with Crippen LogP contribution in [0.4, 0.5) is 11.6 Å². The Balaban J connectivity index is 2.24. The topological polar surface area (TPSA) is 117 Å². The predicted molar refractivity (Wildman–Crippen MR) is 71.8 cm³/mol. The van der Waals surface area contributed by atoms with Gasteiger partial charge in [-0.25, -0.2) is 9.97 Å². The fourth-order valence-corrected chi connectivity index (χ4v) is 2.51. The van der Waals surface area contributed by atoms with Crippen LogP contribution in [-0.4, -0.2) is 16.0 Å². The van der Waals surface area contributed by atoms with Crippen LogP contribution < -0.4 is 17.2 Å². The van der Waals surface area contributed by atoms with Crippen molar-refractivity contribution in [2.24, 2.45) is 5.73 Å². The van der Waals surface area contributed by atoms with Crippen LogP contribution in [0.3, 0.4) is 0 Å². The summed E-state index contributed by atoms with van der Waals surface area (Å²) in [7, 11) is 0. The maximum absolute atomic E-state index is 5.95. The van der Waals surface area contributed by atoms with Gasteiger partial charge in [-0.05, 0) is 19.1 Å². The highest BCUT2D eigenvalue weighted by atomic mass is 32.2. The molecule has 7 heteroatoms. The van der Waals surface area contributed by atoms with Crippen molar-refractivity contribution in [1.82, 2.24) is 9.97 Å². The van der Waals surface area contributed by atoms with Crippen molar-refractivity contribution < 1.29 is 4.42 Å². The number of aromatic nitrogens is 2. The fourth-order valence-electron chi connectivity index (χ4n) is 1.51. The van der Waals surface area contributed by atoms with Crippen molar-refractivity contribution in [1.29, 1.82) is 0 Å². The number of hydrogen-bond acceptors (Lipinski definition) is 7. The molecule has 0 aliphatic heterocycles. The molecule has 0 saturated carbocycles. The van der Waals surface area contributed by atoms with E-state index in [9.17, 15) is 0 Å². The van der Waals surface area contributed by atoms with E-state index >= 15 is 0 Å². The minimum absolute atomic E-state index is 0.0822. The number of furan rings is 1. The number of anilines is 2. The van der Waals surface area contributed by atoms with E-state index in [1.54, 1.807) is 6.26 Å². The van der Waals surface area contributed by atoms with Crippen LogP contribution in [-0.2, 0) is 0 Å². The predicted octanol–water partition coefficient (Wildman–Crippen LogP) is 1.41. The Bertz CT molecular complexity index is 494. The Kier molecular flexibility index (Phi) is 3.73. The molecule has 0 radical (unpaired) electrons. The zero-order chi connectivity index (χ0) is 13.1. The van der Waals surface area contributed by atoms with Crippen molar-refractivity contribution >= 4 is 23.4 Å². The van der Waals surface area contributed by atoms with Crippen molar-refractivity contribution in [3.63, 3.8) is 0 Å². The lowest BCUT2D eigenvalue weighted by molar-refractivity contribution is 0.486. The summed E-state index contributed by atoms with van der Waals surface area (Å²) in [4.78, 5) is 8.24. The Labute approximate surface area is 109 Å². The van der Waals surface area contributed by atoms with Crippen molar-refractivity contribution in [3.8, 4) is 0 Å². The van der Waals surface area contributed by atoms with Crippen molar-refractivity contribution in [2.75, 3.05) is 11.5 Å². The smallest absolute Gasteiger partial charge is 0.192 e. The van der Waals surface area contributed by atoms with E-state index in [1.165, 1.54) is 17.8 Å². The minimum Gasteiger partial charge on any atom is -0.468 e. The van der Waals surface area contributed by atoms with Crippen molar-refractivity contribution in [2.45, 2.75) is 23.4 Å². The fraction of sp³-hybridized carbons (Fsp3) is 0.273. The second-order valence-electron chi connectivity index (χ2n) is 3.91. The van der Waals surface area contributed by atoms with Gasteiger partial charge in [0.1, 0.15) is 17.4 Å². The molecule has 0 aliphatic carbocycles. The molecule has 2 aromatic rings. The Morgan fingerprint density at radius 3 is 2.44 bits per heavy atom. The molecule has 2 heterocycles. The molecule has 0 aliphatic rings. The molecule has 2 unspecified atom stereocenters. The van der Waals surface area contributed by atoms with E-state index in [1.807, 2.05) is 19.1 Å². The summed E-state index contributed by atoms with van der Waals surface area (Å²) >= 11 is 1.38. The van der Waals surface area contributed by atoms with Gasteiger partial charge in [-0.2, -0.15) is 0 Å². The van der Waals surface area contributed by atoms with Gasteiger partial charge in [0.15, 0.2) is 5.16 Å². The molecule has 18 heavy (non-hydrogen) atoms. The van der Waals surface area contributed by atoms with E-state index in [0.717, 1.165) is 5.76 Å². The van der Waals surface area contributed by atoms with Gasteiger partial charge in [0, 0.05) is 12.1 Å². The number of hydrogen-bond donors (Lipinski definition) is 3. The summed E-state index contributed by atoms with van der Waals surface area (Å²) in [5.41, 5.74) is 17.2.